The van der Waals surface area contributed by atoms with Crippen LogP contribution in [0, 0.1) is 5.41 Å². The van der Waals surface area contributed by atoms with Crippen molar-refractivity contribution in [2.75, 3.05) is 7.05 Å². The average Bonchev–Trinajstić information content (AvgIpc) is 2.25. The van der Waals surface area contributed by atoms with Gasteiger partial charge in [0.05, 0.1) is 0 Å². The lowest BCUT2D eigenvalue weighted by atomic mass is 9.99. The Morgan fingerprint density at radius 3 is 1.86 bits per heavy atom. The molecule has 0 bridgehead atoms. The van der Waals surface area contributed by atoms with Gasteiger partial charge in [-0.15, -0.1) is 0 Å². The van der Waals surface area contributed by atoms with E-state index in [0.29, 0.717) is 0 Å². The Labute approximate surface area is 129 Å². The third-order valence-electron chi connectivity index (χ3n) is 2.17. The standard InChI is InChI=1S/C13H20N.CHF3O3S/c1-13(2,3)11-14(4)10-12-8-6-5-7-9-12;2-1(3,4)8(5,6)7/h5-9,11H,10H2,1-4H3;(H,5,6,7)/q+1;/p-1. The van der Waals surface area contributed by atoms with Crippen LogP contribution < -0.4 is 0 Å². The van der Waals surface area contributed by atoms with E-state index >= 15 is 0 Å². The Hall–Kier alpha value is -1.41. The van der Waals surface area contributed by atoms with Crippen LogP contribution in [0.15, 0.2) is 30.3 Å². The van der Waals surface area contributed by atoms with Crippen LogP contribution in [0.4, 0.5) is 13.2 Å². The summed E-state index contributed by atoms with van der Waals surface area (Å²) in [6, 6.07) is 10.5. The van der Waals surface area contributed by atoms with Crippen molar-refractivity contribution in [3.63, 3.8) is 0 Å². The molecule has 126 valence electrons. The van der Waals surface area contributed by atoms with Gasteiger partial charge in [-0.1, -0.05) is 51.1 Å². The van der Waals surface area contributed by atoms with Gasteiger partial charge in [0.25, 0.3) is 0 Å². The second-order valence-corrected chi connectivity index (χ2v) is 7.17. The topological polar surface area (TPSA) is 60.2 Å². The van der Waals surface area contributed by atoms with Crippen molar-refractivity contribution in [3.8, 4) is 0 Å². The van der Waals surface area contributed by atoms with Gasteiger partial charge in [0.1, 0.15) is 13.3 Å². The third-order valence-corrected chi connectivity index (χ3v) is 2.73. The van der Waals surface area contributed by atoms with Crippen LogP contribution in [0.25, 0.3) is 0 Å². The molecule has 0 aliphatic rings. The van der Waals surface area contributed by atoms with Crippen molar-refractivity contribution in [1.82, 2.24) is 0 Å². The molecule has 1 rings (SSSR count). The van der Waals surface area contributed by atoms with E-state index in [9.17, 15) is 13.2 Å². The van der Waals surface area contributed by atoms with Gasteiger partial charge < -0.3 is 4.55 Å². The van der Waals surface area contributed by atoms with Gasteiger partial charge in [0.2, 0.25) is 0 Å². The highest BCUT2D eigenvalue weighted by atomic mass is 32.2. The van der Waals surface area contributed by atoms with Crippen LogP contribution in [0.3, 0.4) is 0 Å². The third kappa shape index (κ3) is 9.51. The summed E-state index contributed by atoms with van der Waals surface area (Å²) in [7, 11) is -3.97. The van der Waals surface area contributed by atoms with Crippen LogP contribution in [-0.4, -0.2) is 36.3 Å². The van der Waals surface area contributed by atoms with E-state index in [1.165, 1.54) is 5.56 Å². The van der Waals surface area contributed by atoms with E-state index < -0.39 is 15.6 Å². The minimum absolute atomic E-state index is 0.254. The molecule has 0 heterocycles. The average molecular weight is 339 g/mol. The highest BCUT2D eigenvalue weighted by molar-refractivity contribution is 7.86. The zero-order valence-electron chi connectivity index (χ0n) is 12.9. The maximum absolute atomic E-state index is 10.7. The van der Waals surface area contributed by atoms with Crippen LogP contribution in [0.1, 0.15) is 26.3 Å². The largest absolute Gasteiger partial charge is 0.741 e. The van der Waals surface area contributed by atoms with E-state index in [4.69, 9.17) is 13.0 Å². The SMILES string of the molecule is C[N+](=CC(C)(C)C)Cc1ccccc1.O=S(=O)([O-])C(F)(F)F. The Bertz CT molecular complexity index is 588. The van der Waals surface area contributed by atoms with E-state index in [0.717, 1.165) is 6.54 Å². The fourth-order valence-electron chi connectivity index (χ4n) is 1.58. The molecule has 0 atom stereocenters. The van der Waals surface area contributed by atoms with E-state index in [-0.39, 0.29) is 5.41 Å². The molecular weight excluding hydrogens is 319 g/mol. The number of rotatable bonds is 2. The first-order valence-corrected chi connectivity index (χ1v) is 7.75. The van der Waals surface area contributed by atoms with Crippen molar-refractivity contribution < 1.29 is 30.7 Å². The number of alkyl halides is 3. The zero-order chi connectivity index (χ0) is 17.6. The highest BCUT2D eigenvalue weighted by Crippen LogP contribution is 2.20. The number of hydrogen-bond acceptors (Lipinski definition) is 3. The maximum Gasteiger partial charge on any atom is 0.485 e. The highest BCUT2D eigenvalue weighted by Gasteiger charge is 2.36. The van der Waals surface area contributed by atoms with E-state index in [1.54, 1.807) is 0 Å². The molecule has 0 aliphatic heterocycles. The van der Waals surface area contributed by atoms with Gasteiger partial charge in [-0.25, -0.2) is 13.0 Å². The predicted octanol–water partition coefficient (Wildman–Crippen LogP) is 3.00. The number of hydrogen-bond donors (Lipinski definition) is 0. The molecule has 0 unspecified atom stereocenters. The molecule has 4 nitrogen and oxygen atoms in total. The van der Waals surface area contributed by atoms with Crippen LogP contribution in [-0.2, 0) is 16.7 Å². The summed E-state index contributed by atoms with van der Waals surface area (Å²) < 4.78 is 61.1. The first-order chi connectivity index (χ1) is 9.72. The van der Waals surface area contributed by atoms with Gasteiger partial charge in [-0.2, -0.15) is 13.2 Å². The summed E-state index contributed by atoms with van der Waals surface area (Å²) in [6.07, 6.45) is 2.26. The normalized spacial score (nSPS) is 13.4. The Morgan fingerprint density at radius 2 is 1.55 bits per heavy atom. The molecule has 0 amide bonds. The summed E-state index contributed by atoms with van der Waals surface area (Å²) >= 11 is 0. The van der Waals surface area contributed by atoms with Gasteiger partial charge >= 0.3 is 5.51 Å². The Morgan fingerprint density at radius 1 is 1.14 bits per heavy atom. The second-order valence-electron chi connectivity index (χ2n) is 5.80. The molecule has 1 aromatic carbocycles. The van der Waals surface area contributed by atoms with Crippen molar-refractivity contribution >= 4 is 16.3 Å². The lowest BCUT2D eigenvalue weighted by molar-refractivity contribution is -0.512. The zero-order valence-corrected chi connectivity index (χ0v) is 13.7. The Kier molecular flexibility index (Phi) is 7.24. The molecule has 0 aliphatic carbocycles. The molecule has 0 spiro atoms. The summed E-state index contributed by atoms with van der Waals surface area (Å²) in [5, 5.41) is 0. The second kappa shape index (κ2) is 7.73. The van der Waals surface area contributed by atoms with Crippen LogP contribution in [0.2, 0.25) is 0 Å². The van der Waals surface area contributed by atoms with Gasteiger partial charge in [-0.05, 0) is 0 Å². The van der Waals surface area contributed by atoms with Crippen molar-refractivity contribution in [2.45, 2.75) is 32.8 Å². The van der Waals surface area contributed by atoms with Crippen LogP contribution >= 0.6 is 0 Å². The van der Waals surface area contributed by atoms with Crippen LogP contribution in [0.5, 0.6) is 0 Å². The summed E-state index contributed by atoms with van der Waals surface area (Å²) in [5.74, 6) is 0. The summed E-state index contributed by atoms with van der Waals surface area (Å²) in [6.45, 7) is 7.63. The summed E-state index contributed by atoms with van der Waals surface area (Å²) in [5.41, 5.74) is -4.04. The molecule has 0 saturated heterocycles. The fourth-order valence-corrected chi connectivity index (χ4v) is 1.58. The molecule has 0 N–H and O–H groups in total. The molecule has 0 radical (unpaired) electrons. The van der Waals surface area contributed by atoms with Crippen molar-refractivity contribution in [3.05, 3.63) is 35.9 Å². The quantitative estimate of drug-likeness (QED) is 0.360. The minimum atomic E-state index is -6.09. The first kappa shape index (κ1) is 20.6. The molecule has 0 fully saturated rings. The van der Waals surface area contributed by atoms with E-state index in [1.807, 2.05) is 0 Å². The molecule has 1 aromatic rings. The Balaban J connectivity index is 0.000000472. The lowest BCUT2D eigenvalue weighted by Crippen LogP contribution is -2.21. The molecule has 8 heteroatoms. The van der Waals surface area contributed by atoms with E-state index in [2.05, 4.69) is 68.9 Å². The molecule has 22 heavy (non-hydrogen) atoms. The van der Waals surface area contributed by atoms with Gasteiger partial charge in [0, 0.05) is 11.0 Å². The fraction of sp³-hybridized carbons (Fsp3) is 0.500. The molecule has 0 saturated carbocycles. The summed E-state index contributed by atoms with van der Waals surface area (Å²) in [4.78, 5) is 0. The predicted molar refractivity (Wildman–Crippen MR) is 77.6 cm³/mol. The maximum atomic E-state index is 10.7. The van der Waals surface area contributed by atoms with Crippen molar-refractivity contribution in [2.24, 2.45) is 5.41 Å². The van der Waals surface area contributed by atoms with Crippen molar-refractivity contribution in [1.29, 1.82) is 0 Å². The lowest BCUT2D eigenvalue weighted by Gasteiger charge is -2.09. The molecule has 0 aromatic heterocycles. The number of halogens is 3. The molecular formula is C14H20F3NO3S. The van der Waals surface area contributed by atoms with Gasteiger partial charge in [0.15, 0.2) is 16.7 Å². The minimum Gasteiger partial charge on any atom is -0.741 e. The monoisotopic (exact) mass is 339 g/mol. The number of benzene rings is 1. The first-order valence-electron chi connectivity index (χ1n) is 6.35. The number of nitrogens with zero attached hydrogens (tertiary/aromatic N) is 1. The smallest absolute Gasteiger partial charge is 0.485 e. The van der Waals surface area contributed by atoms with Gasteiger partial charge in [-0.3, -0.25) is 0 Å².